The SMILES string of the molecule is COCC(O)CCNC(C)CCC(=O)O. The zero-order valence-electron chi connectivity index (χ0n) is 9.40. The van der Waals surface area contributed by atoms with E-state index < -0.39 is 12.1 Å². The van der Waals surface area contributed by atoms with E-state index >= 15 is 0 Å². The summed E-state index contributed by atoms with van der Waals surface area (Å²) in [5.41, 5.74) is 0. The van der Waals surface area contributed by atoms with E-state index in [1.165, 1.54) is 0 Å². The van der Waals surface area contributed by atoms with Crippen LogP contribution in [0.15, 0.2) is 0 Å². The lowest BCUT2D eigenvalue weighted by molar-refractivity contribution is -0.137. The minimum atomic E-state index is -0.775. The third-order valence-corrected chi connectivity index (χ3v) is 2.12. The van der Waals surface area contributed by atoms with Crippen LogP contribution in [-0.4, -0.2) is 48.6 Å². The molecule has 15 heavy (non-hydrogen) atoms. The molecule has 0 radical (unpaired) electrons. The van der Waals surface area contributed by atoms with Crippen molar-refractivity contribution in [3.8, 4) is 0 Å². The maximum absolute atomic E-state index is 10.3. The zero-order valence-corrected chi connectivity index (χ0v) is 9.40. The van der Waals surface area contributed by atoms with E-state index in [-0.39, 0.29) is 12.5 Å². The number of hydrogen-bond donors (Lipinski definition) is 3. The predicted octanol–water partition coefficient (Wildman–Crippen LogP) is 0.227. The van der Waals surface area contributed by atoms with Crippen LogP contribution < -0.4 is 5.32 Å². The molecule has 0 rings (SSSR count). The highest BCUT2D eigenvalue weighted by Gasteiger charge is 2.06. The van der Waals surface area contributed by atoms with Crippen molar-refractivity contribution in [1.82, 2.24) is 5.32 Å². The Morgan fingerprint density at radius 3 is 2.67 bits per heavy atom. The summed E-state index contributed by atoms with van der Waals surface area (Å²) in [6.45, 7) is 2.95. The van der Waals surface area contributed by atoms with Crippen molar-refractivity contribution < 1.29 is 19.7 Å². The van der Waals surface area contributed by atoms with Crippen LogP contribution in [-0.2, 0) is 9.53 Å². The Morgan fingerprint density at radius 1 is 1.47 bits per heavy atom. The molecule has 0 aromatic carbocycles. The average Bonchev–Trinajstić information content (AvgIpc) is 2.15. The first kappa shape index (κ1) is 14.3. The summed E-state index contributed by atoms with van der Waals surface area (Å²) in [7, 11) is 1.55. The highest BCUT2D eigenvalue weighted by Crippen LogP contribution is 1.97. The molecule has 0 aliphatic carbocycles. The van der Waals surface area contributed by atoms with Gasteiger partial charge in [0.15, 0.2) is 0 Å². The van der Waals surface area contributed by atoms with E-state index in [0.29, 0.717) is 26.0 Å². The maximum atomic E-state index is 10.3. The summed E-state index contributed by atoms with van der Waals surface area (Å²) >= 11 is 0. The first-order chi connectivity index (χ1) is 7.06. The number of carboxylic acids is 1. The zero-order chi connectivity index (χ0) is 11.7. The predicted molar refractivity (Wildman–Crippen MR) is 56.8 cm³/mol. The van der Waals surface area contributed by atoms with Crippen molar-refractivity contribution in [2.24, 2.45) is 0 Å². The van der Waals surface area contributed by atoms with E-state index in [9.17, 15) is 9.90 Å². The fourth-order valence-electron chi connectivity index (χ4n) is 1.21. The molecule has 2 atom stereocenters. The normalized spacial score (nSPS) is 14.9. The molecule has 5 nitrogen and oxygen atoms in total. The molecule has 5 heteroatoms. The molecule has 0 saturated carbocycles. The molecule has 0 aromatic rings. The van der Waals surface area contributed by atoms with Gasteiger partial charge in [-0.25, -0.2) is 0 Å². The lowest BCUT2D eigenvalue weighted by Gasteiger charge is -2.14. The molecule has 0 aliphatic rings. The molecule has 0 heterocycles. The molecule has 0 aliphatic heterocycles. The molecule has 0 bridgehead atoms. The molecule has 2 unspecified atom stereocenters. The van der Waals surface area contributed by atoms with Crippen molar-refractivity contribution in [1.29, 1.82) is 0 Å². The van der Waals surface area contributed by atoms with Crippen LogP contribution in [0.25, 0.3) is 0 Å². The third-order valence-electron chi connectivity index (χ3n) is 2.12. The van der Waals surface area contributed by atoms with Gasteiger partial charge in [0.1, 0.15) is 0 Å². The van der Waals surface area contributed by atoms with Crippen LogP contribution in [0.1, 0.15) is 26.2 Å². The van der Waals surface area contributed by atoms with E-state index in [1.54, 1.807) is 7.11 Å². The highest BCUT2D eigenvalue weighted by molar-refractivity contribution is 5.66. The van der Waals surface area contributed by atoms with Gasteiger partial charge in [0, 0.05) is 19.6 Å². The summed E-state index contributed by atoms with van der Waals surface area (Å²) in [5.74, 6) is -0.775. The molecule has 90 valence electrons. The van der Waals surface area contributed by atoms with Crippen LogP contribution in [0.2, 0.25) is 0 Å². The second-order valence-electron chi connectivity index (χ2n) is 3.69. The van der Waals surface area contributed by atoms with Gasteiger partial charge in [0.25, 0.3) is 0 Å². The van der Waals surface area contributed by atoms with Gasteiger partial charge in [-0.1, -0.05) is 0 Å². The van der Waals surface area contributed by atoms with Crippen molar-refractivity contribution in [2.45, 2.75) is 38.3 Å². The quantitative estimate of drug-likeness (QED) is 0.517. The average molecular weight is 219 g/mol. The van der Waals surface area contributed by atoms with Gasteiger partial charge in [0.2, 0.25) is 0 Å². The second kappa shape index (κ2) is 8.64. The molecule has 0 aromatic heterocycles. The van der Waals surface area contributed by atoms with Gasteiger partial charge in [-0.2, -0.15) is 0 Å². The Morgan fingerprint density at radius 2 is 2.13 bits per heavy atom. The Kier molecular flexibility index (Phi) is 8.27. The van der Waals surface area contributed by atoms with Crippen molar-refractivity contribution >= 4 is 5.97 Å². The Bertz CT molecular complexity index is 175. The number of aliphatic hydroxyl groups is 1. The molecule has 0 spiro atoms. The fraction of sp³-hybridized carbons (Fsp3) is 0.900. The summed E-state index contributed by atoms with van der Waals surface area (Å²) in [4.78, 5) is 10.3. The maximum Gasteiger partial charge on any atom is 0.303 e. The topological polar surface area (TPSA) is 78.8 Å². The van der Waals surface area contributed by atoms with Crippen LogP contribution in [0, 0.1) is 0 Å². The van der Waals surface area contributed by atoms with Gasteiger partial charge in [0.05, 0.1) is 12.7 Å². The van der Waals surface area contributed by atoms with E-state index in [4.69, 9.17) is 9.84 Å². The lowest BCUT2D eigenvalue weighted by Crippen LogP contribution is -2.30. The molecular formula is C10H21NO4. The molecule has 0 fully saturated rings. The standard InChI is InChI=1S/C10H21NO4/c1-8(3-4-10(13)14)11-6-5-9(12)7-15-2/h8-9,11-12H,3-7H2,1-2H3,(H,13,14). The highest BCUT2D eigenvalue weighted by atomic mass is 16.5. The first-order valence-electron chi connectivity index (χ1n) is 5.18. The van der Waals surface area contributed by atoms with E-state index in [1.807, 2.05) is 6.92 Å². The number of hydrogen-bond acceptors (Lipinski definition) is 4. The van der Waals surface area contributed by atoms with Gasteiger partial charge >= 0.3 is 5.97 Å². The number of rotatable bonds is 9. The monoisotopic (exact) mass is 219 g/mol. The Balaban J connectivity index is 3.37. The van der Waals surface area contributed by atoms with Crippen LogP contribution in [0.5, 0.6) is 0 Å². The summed E-state index contributed by atoms with van der Waals surface area (Å²) in [6.07, 6.45) is 0.949. The smallest absolute Gasteiger partial charge is 0.303 e. The summed E-state index contributed by atoms with van der Waals surface area (Å²) in [5, 5.41) is 20.9. The fourth-order valence-corrected chi connectivity index (χ4v) is 1.21. The van der Waals surface area contributed by atoms with Gasteiger partial charge in [-0.05, 0) is 26.3 Å². The first-order valence-corrected chi connectivity index (χ1v) is 5.18. The molecule has 3 N–H and O–H groups in total. The van der Waals surface area contributed by atoms with Crippen LogP contribution in [0.3, 0.4) is 0 Å². The lowest BCUT2D eigenvalue weighted by atomic mass is 10.1. The van der Waals surface area contributed by atoms with Gasteiger partial charge in [-0.3, -0.25) is 4.79 Å². The van der Waals surface area contributed by atoms with Gasteiger partial charge in [-0.15, -0.1) is 0 Å². The van der Waals surface area contributed by atoms with Crippen molar-refractivity contribution in [2.75, 3.05) is 20.3 Å². The molecular weight excluding hydrogens is 198 g/mol. The van der Waals surface area contributed by atoms with E-state index in [2.05, 4.69) is 5.32 Å². The molecule has 0 saturated heterocycles. The number of carboxylic acid groups (broad SMARTS) is 1. The number of aliphatic carboxylic acids is 1. The minimum Gasteiger partial charge on any atom is -0.481 e. The summed E-state index contributed by atoms with van der Waals surface area (Å²) in [6, 6.07) is 0.163. The van der Waals surface area contributed by atoms with Gasteiger partial charge < -0.3 is 20.3 Å². The largest absolute Gasteiger partial charge is 0.481 e. The third kappa shape index (κ3) is 9.65. The minimum absolute atomic E-state index is 0.163. The summed E-state index contributed by atoms with van der Waals surface area (Å²) < 4.78 is 4.78. The number of nitrogens with one attached hydrogen (secondary N) is 1. The Hall–Kier alpha value is -0.650. The Labute approximate surface area is 90.4 Å². The number of aliphatic hydroxyl groups excluding tert-OH is 1. The van der Waals surface area contributed by atoms with E-state index in [0.717, 1.165) is 0 Å². The number of methoxy groups -OCH3 is 1. The molecule has 0 amide bonds. The number of ether oxygens (including phenoxy) is 1. The van der Waals surface area contributed by atoms with Crippen LogP contribution >= 0.6 is 0 Å². The van der Waals surface area contributed by atoms with Crippen LogP contribution in [0.4, 0.5) is 0 Å². The van der Waals surface area contributed by atoms with Crippen molar-refractivity contribution in [3.63, 3.8) is 0 Å². The number of carbonyl (C=O) groups is 1. The second-order valence-corrected chi connectivity index (χ2v) is 3.69. The van der Waals surface area contributed by atoms with Crippen molar-refractivity contribution in [3.05, 3.63) is 0 Å².